The predicted molar refractivity (Wildman–Crippen MR) is 147 cm³/mol. The van der Waals surface area contributed by atoms with Gasteiger partial charge in [-0.25, -0.2) is 4.79 Å². The van der Waals surface area contributed by atoms with E-state index in [0.717, 1.165) is 12.5 Å². The topological polar surface area (TPSA) is 117 Å². The van der Waals surface area contributed by atoms with Gasteiger partial charge in [0.15, 0.2) is 5.78 Å². The van der Waals surface area contributed by atoms with Gasteiger partial charge >= 0.3 is 12.1 Å². The van der Waals surface area contributed by atoms with Crippen molar-refractivity contribution in [3.8, 4) is 23.6 Å². The third kappa shape index (κ3) is 10.6. The Morgan fingerprint density at radius 3 is 2.56 bits per heavy atom. The number of rotatable bonds is 11. The van der Waals surface area contributed by atoms with Crippen LogP contribution in [0.2, 0.25) is 0 Å². The SMILES string of the molecule is C#CC.CCOC(=O)/C=C/C(CC1CCCNC1=O)NC(=O)CCC(=O)c1ccc(-c2ccccc2C(F)(F)F)[nH]1. The molecule has 1 aromatic carbocycles. The fraction of sp³-hybridized carbons (Fsp3) is 0.400. The van der Waals surface area contributed by atoms with Crippen molar-refractivity contribution in [1.29, 1.82) is 0 Å². The van der Waals surface area contributed by atoms with Gasteiger partial charge < -0.3 is 20.4 Å². The largest absolute Gasteiger partial charge is 0.463 e. The van der Waals surface area contributed by atoms with Crippen LogP contribution in [0.15, 0.2) is 48.6 Å². The highest BCUT2D eigenvalue weighted by Crippen LogP contribution is 2.36. The number of Topliss-reactive ketones (excluding diaryl/α,β-unsaturated/α-hetero) is 1. The standard InChI is InChI=1S/C27H30F3N3O5.C3H4/c1-2-38-25(36)14-9-18(16-17-6-5-15-31-26(17)37)32-24(35)13-12-23(34)22-11-10-21(33-22)19-7-3-4-8-20(19)27(28,29)30;1-3-2/h3-4,7-11,14,17-18,33H,2,5-6,12-13,15-16H2,1H3,(H,31,37)(H,32,35);1H,2H3/b14-9+;. The number of amides is 2. The molecule has 2 aromatic rings. The number of aromatic amines is 1. The third-order valence-corrected chi connectivity index (χ3v) is 6.12. The van der Waals surface area contributed by atoms with E-state index in [1.54, 1.807) is 13.8 Å². The molecule has 11 heteroatoms. The van der Waals surface area contributed by atoms with Crippen molar-refractivity contribution in [2.24, 2.45) is 5.92 Å². The lowest BCUT2D eigenvalue weighted by atomic mass is 9.91. The van der Waals surface area contributed by atoms with E-state index in [1.807, 2.05) is 0 Å². The Bertz CT molecular complexity index is 1280. The molecule has 2 unspecified atom stereocenters. The summed E-state index contributed by atoms with van der Waals surface area (Å²) in [5, 5.41) is 5.53. The second-order valence-electron chi connectivity index (χ2n) is 9.19. The first kappa shape index (κ1) is 32.9. The summed E-state index contributed by atoms with van der Waals surface area (Å²) in [7, 11) is 0. The number of alkyl halides is 3. The first-order valence-electron chi connectivity index (χ1n) is 13.2. The molecular weight excluding hydrogens is 539 g/mol. The number of hydrogen-bond acceptors (Lipinski definition) is 5. The number of ketones is 1. The van der Waals surface area contributed by atoms with Crippen LogP contribution in [0.5, 0.6) is 0 Å². The molecule has 0 saturated carbocycles. The van der Waals surface area contributed by atoms with Crippen molar-refractivity contribution >= 4 is 23.6 Å². The maximum absolute atomic E-state index is 13.3. The number of esters is 1. The number of hydrogen-bond donors (Lipinski definition) is 3. The van der Waals surface area contributed by atoms with Crippen LogP contribution in [0, 0.1) is 18.3 Å². The Balaban J connectivity index is 0.00000187. The number of terminal acetylenes is 1. The number of nitrogens with one attached hydrogen (secondary N) is 3. The van der Waals surface area contributed by atoms with Crippen molar-refractivity contribution in [1.82, 2.24) is 15.6 Å². The molecule has 2 amide bonds. The van der Waals surface area contributed by atoms with Crippen LogP contribution >= 0.6 is 0 Å². The quantitative estimate of drug-likeness (QED) is 0.154. The third-order valence-electron chi connectivity index (χ3n) is 6.12. The minimum atomic E-state index is -4.56. The number of H-pyrrole nitrogens is 1. The molecular formula is C30H34F3N3O5. The van der Waals surface area contributed by atoms with E-state index in [1.165, 1.54) is 42.5 Å². The minimum Gasteiger partial charge on any atom is -0.463 e. The number of carbonyl (C=O) groups is 4. The molecule has 0 bridgehead atoms. The van der Waals surface area contributed by atoms with Crippen molar-refractivity contribution in [2.45, 2.75) is 58.2 Å². The fourth-order valence-corrected chi connectivity index (χ4v) is 4.26. The van der Waals surface area contributed by atoms with Gasteiger partial charge in [0.25, 0.3) is 0 Å². The van der Waals surface area contributed by atoms with E-state index in [9.17, 15) is 32.3 Å². The van der Waals surface area contributed by atoms with Gasteiger partial charge in [-0.15, -0.1) is 12.3 Å². The lowest BCUT2D eigenvalue weighted by molar-refractivity contribution is -0.138. The maximum atomic E-state index is 13.3. The van der Waals surface area contributed by atoms with E-state index < -0.39 is 35.4 Å². The summed E-state index contributed by atoms with van der Waals surface area (Å²) in [5.41, 5.74) is -0.684. The molecule has 220 valence electrons. The lowest BCUT2D eigenvalue weighted by Gasteiger charge is -2.25. The molecule has 0 spiro atoms. The first-order chi connectivity index (χ1) is 19.5. The average molecular weight is 574 g/mol. The summed E-state index contributed by atoms with van der Waals surface area (Å²) in [6.45, 7) is 4.10. The Kier molecular flexibility index (Phi) is 12.9. The summed E-state index contributed by atoms with van der Waals surface area (Å²) in [4.78, 5) is 51.9. The molecule has 2 heterocycles. The summed E-state index contributed by atoms with van der Waals surface area (Å²) < 4.78 is 44.9. The highest BCUT2D eigenvalue weighted by atomic mass is 19.4. The molecule has 1 saturated heterocycles. The number of aromatic nitrogens is 1. The van der Waals surface area contributed by atoms with Crippen LogP contribution in [0.1, 0.15) is 62.0 Å². The summed E-state index contributed by atoms with van der Waals surface area (Å²) >= 11 is 0. The van der Waals surface area contributed by atoms with Crippen molar-refractivity contribution in [2.75, 3.05) is 13.2 Å². The molecule has 0 aliphatic carbocycles. The minimum absolute atomic E-state index is 0.0835. The number of piperidine rings is 1. The predicted octanol–water partition coefficient (Wildman–Crippen LogP) is 4.82. The zero-order chi connectivity index (χ0) is 30.4. The van der Waals surface area contributed by atoms with Gasteiger partial charge in [0.2, 0.25) is 11.8 Å². The number of carbonyl (C=O) groups excluding carboxylic acids is 4. The zero-order valence-corrected chi connectivity index (χ0v) is 23.0. The lowest BCUT2D eigenvalue weighted by Crippen LogP contribution is -2.42. The maximum Gasteiger partial charge on any atom is 0.417 e. The van der Waals surface area contributed by atoms with Gasteiger partial charge in [0.1, 0.15) is 0 Å². The molecule has 3 rings (SSSR count). The smallest absolute Gasteiger partial charge is 0.417 e. The molecule has 3 N–H and O–H groups in total. The van der Waals surface area contributed by atoms with Crippen LogP contribution < -0.4 is 10.6 Å². The zero-order valence-electron chi connectivity index (χ0n) is 23.0. The van der Waals surface area contributed by atoms with Crippen molar-refractivity contribution in [3.63, 3.8) is 0 Å². The van der Waals surface area contributed by atoms with Crippen molar-refractivity contribution in [3.05, 3.63) is 59.8 Å². The number of benzene rings is 1. The van der Waals surface area contributed by atoms with Gasteiger partial charge in [0, 0.05) is 48.7 Å². The molecule has 1 fully saturated rings. The van der Waals surface area contributed by atoms with E-state index in [0.29, 0.717) is 13.0 Å². The van der Waals surface area contributed by atoms with Crippen LogP contribution in [0.25, 0.3) is 11.3 Å². The average Bonchev–Trinajstić information content (AvgIpc) is 3.42. The molecule has 1 aliphatic heterocycles. The Labute approximate surface area is 237 Å². The fourth-order valence-electron chi connectivity index (χ4n) is 4.26. The van der Waals surface area contributed by atoms with Crippen molar-refractivity contribution < 1.29 is 37.1 Å². The van der Waals surface area contributed by atoms with Crippen LogP contribution in [0.3, 0.4) is 0 Å². The van der Waals surface area contributed by atoms with Gasteiger partial charge in [-0.3, -0.25) is 14.4 Å². The molecule has 0 radical (unpaired) electrons. The van der Waals surface area contributed by atoms with E-state index in [-0.39, 0.29) is 54.6 Å². The normalized spacial score (nSPS) is 15.6. The molecule has 1 aromatic heterocycles. The monoisotopic (exact) mass is 573 g/mol. The second-order valence-corrected chi connectivity index (χ2v) is 9.19. The molecule has 8 nitrogen and oxygen atoms in total. The molecule has 41 heavy (non-hydrogen) atoms. The Morgan fingerprint density at radius 1 is 1.20 bits per heavy atom. The van der Waals surface area contributed by atoms with E-state index in [2.05, 4.69) is 28.0 Å². The Hall–Kier alpha value is -4.33. The van der Waals surface area contributed by atoms with Crippen LogP contribution in [-0.2, 0) is 25.3 Å². The van der Waals surface area contributed by atoms with E-state index >= 15 is 0 Å². The Morgan fingerprint density at radius 2 is 1.90 bits per heavy atom. The number of halogens is 3. The second kappa shape index (κ2) is 16.1. The van der Waals surface area contributed by atoms with Gasteiger partial charge in [-0.1, -0.05) is 24.3 Å². The summed E-state index contributed by atoms with van der Waals surface area (Å²) in [6.07, 6.45) is 4.06. The summed E-state index contributed by atoms with van der Waals surface area (Å²) in [5.74, 6) is 0.303. The highest BCUT2D eigenvalue weighted by molar-refractivity contribution is 5.97. The van der Waals surface area contributed by atoms with Gasteiger partial charge in [-0.2, -0.15) is 13.2 Å². The molecule has 1 aliphatic rings. The van der Waals surface area contributed by atoms with E-state index in [4.69, 9.17) is 4.74 Å². The summed E-state index contributed by atoms with van der Waals surface area (Å²) in [6, 6.07) is 7.18. The first-order valence-corrected chi connectivity index (χ1v) is 13.2. The van der Waals surface area contributed by atoms with Gasteiger partial charge in [-0.05, 0) is 51.3 Å². The van der Waals surface area contributed by atoms with Crippen LogP contribution in [-0.4, -0.2) is 47.7 Å². The van der Waals surface area contributed by atoms with Gasteiger partial charge in [0.05, 0.1) is 17.9 Å². The van der Waals surface area contributed by atoms with Crippen LogP contribution in [0.4, 0.5) is 13.2 Å². The molecule has 2 atom stereocenters. The number of ether oxygens (including phenoxy) is 1. The highest BCUT2D eigenvalue weighted by Gasteiger charge is 2.33.